The molecule has 0 aliphatic carbocycles. The molecule has 2 aromatic carbocycles. The fourth-order valence-corrected chi connectivity index (χ4v) is 2.68. The molecule has 1 heterocycles. The Bertz CT molecular complexity index is 932. The normalized spacial score (nSPS) is 10.4. The van der Waals surface area contributed by atoms with Gasteiger partial charge in [-0.05, 0) is 30.7 Å². The van der Waals surface area contributed by atoms with Crippen molar-refractivity contribution in [2.24, 2.45) is 0 Å². The Balaban J connectivity index is 1.76. The van der Waals surface area contributed by atoms with Gasteiger partial charge in [-0.15, -0.1) is 0 Å². The topological polar surface area (TPSA) is 66.9 Å². The van der Waals surface area contributed by atoms with Crippen molar-refractivity contribution in [3.05, 3.63) is 81.7 Å². The van der Waals surface area contributed by atoms with Gasteiger partial charge in [0.25, 0.3) is 5.91 Å². The summed E-state index contributed by atoms with van der Waals surface area (Å²) < 4.78 is 0. The van der Waals surface area contributed by atoms with Crippen molar-refractivity contribution in [1.29, 1.82) is 0 Å². The van der Waals surface area contributed by atoms with Crippen LogP contribution >= 0.6 is 23.2 Å². The molecule has 3 aromatic rings. The largest absolute Gasteiger partial charge is 0.347 e. The number of rotatable bonds is 5. The third-order valence-electron chi connectivity index (χ3n) is 3.56. The number of nitrogens with one attached hydrogen (secondary N) is 2. The standard InChI is InChI=1S/C19H16Cl2N4O/c1-12-23-17(19(26)22-11-13-5-3-2-4-6-13)10-18(24-12)25-16-9-14(20)7-8-15(16)21/h2-10H,11H2,1H3,(H,22,26)(H,23,24,25). The van der Waals surface area contributed by atoms with E-state index in [1.807, 2.05) is 30.3 Å². The Morgan fingerprint density at radius 1 is 1.04 bits per heavy atom. The van der Waals surface area contributed by atoms with E-state index < -0.39 is 0 Å². The van der Waals surface area contributed by atoms with Gasteiger partial charge in [-0.3, -0.25) is 4.79 Å². The molecule has 0 fully saturated rings. The van der Waals surface area contributed by atoms with Crippen molar-refractivity contribution < 1.29 is 4.79 Å². The summed E-state index contributed by atoms with van der Waals surface area (Å²) in [6, 6.07) is 16.3. The molecule has 0 spiro atoms. The molecule has 0 saturated carbocycles. The van der Waals surface area contributed by atoms with Crippen LogP contribution in [-0.4, -0.2) is 15.9 Å². The first-order chi connectivity index (χ1) is 12.5. The molecular formula is C19H16Cl2N4O. The van der Waals surface area contributed by atoms with Crippen LogP contribution in [0.25, 0.3) is 0 Å². The fraction of sp³-hybridized carbons (Fsp3) is 0.105. The number of halogens is 2. The third kappa shape index (κ3) is 4.71. The van der Waals surface area contributed by atoms with Crippen LogP contribution in [0.15, 0.2) is 54.6 Å². The molecule has 132 valence electrons. The van der Waals surface area contributed by atoms with E-state index in [4.69, 9.17) is 23.2 Å². The lowest BCUT2D eigenvalue weighted by Gasteiger charge is -2.11. The second-order valence-electron chi connectivity index (χ2n) is 5.60. The zero-order valence-electron chi connectivity index (χ0n) is 14.0. The molecule has 0 bridgehead atoms. The average molecular weight is 387 g/mol. The van der Waals surface area contributed by atoms with Gasteiger partial charge in [0.05, 0.1) is 10.7 Å². The van der Waals surface area contributed by atoms with Crippen LogP contribution in [0.2, 0.25) is 10.0 Å². The molecule has 0 unspecified atom stereocenters. The van der Waals surface area contributed by atoms with Crippen LogP contribution < -0.4 is 10.6 Å². The van der Waals surface area contributed by atoms with Crippen LogP contribution in [0.5, 0.6) is 0 Å². The molecule has 0 atom stereocenters. The van der Waals surface area contributed by atoms with Crippen LogP contribution in [0.4, 0.5) is 11.5 Å². The van der Waals surface area contributed by atoms with Crippen molar-refractivity contribution in [2.45, 2.75) is 13.5 Å². The van der Waals surface area contributed by atoms with E-state index >= 15 is 0 Å². The van der Waals surface area contributed by atoms with Gasteiger partial charge in [-0.25, -0.2) is 9.97 Å². The van der Waals surface area contributed by atoms with Gasteiger partial charge in [0.2, 0.25) is 0 Å². The lowest BCUT2D eigenvalue weighted by atomic mass is 10.2. The zero-order chi connectivity index (χ0) is 18.5. The van der Waals surface area contributed by atoms with Crippen molar-refractivity contribution in [2.75, 3.05) is 5.32 Å². The second-order valence-corrected chi connectivity index (χ2v) is 6.45. The van der Waals surface area contributed by atoms with Crippen molar-refractivity contribution in [1.82, 2.24) is 15.3 Å². The minimum absolute atomic E-state index is 0.272. The Hall–Kier alpha value is -2.63. The molecule has 0 aliphatic rings. The summed E-state index contributed by atoms with van der Waals surface area (Å²) in [6.45, 7) is 2.14. The Morgan fingerprint density at radius 3 is 2.58 bits per heavy atom. The third-order valence-corrected chi connectivity index (χ3v) is 4.12. The van der Waals surface area contributed by atoms with Crippen molar-refractivity contribution in [3.63, 3.8) is 0 Å². The van der Waals surface area contributed by atoms with Gasteiger partial charge < -0.3 is 10.6 Å². The van der Waals surface area contributed by atoms with Crippen LogP contribution in [0, 0.1) is 6.92 Å². The lowest BCUT2D eigenvalue weighted by Crippen LogP contribution is -2.24. The quantitative estimate of drug-likeness (QED) is 0.662. The molecule has 0 aliphatic heterocycles. The molecular weight excluding hydrogens is 371 g/mol. The molecule has 3 rings (SSSR count). The number of benzene rings is 2. The number of hydrogen-bond acceptors (Lipinski definition) is 4. The molecule has 1 amide bonds. The maximum atomic E-state index is 12.4. The maximum Gasteiger partial charge on any atom is 0.270 e. The summed E-state index contributed by atoms with van der Waals surface area (Å²) in [5, 5.41) is 6.97. The number of carbonyl (C=O) groups excluding carboxylic acids is 1. The Kier molecular flexibility index (Phi) is 5.71. The molecule has 0 radical (unpaired) electrons. The molecule has 0 saturated heterocycles. The highest BCUT2D eigenvalue weighted by atomic mass is 35.5. The smallest absolute Gasteiger partial charge is 0.270 e. The number of nitrogens with zero attached hydrogens (tertiary/aromatic N) is 2. The van der Waals surface area contributed by atoms with Gasteiger partial charge in [-0.2, -0.15) is 0 Å². The minimum atomic E-state index is -0.278. The second kappa shape index (κ2) is 8.17. The van der Waals surface area contributed by atoms with E-state index in [0.29, 0.717) is 33.9 Å². The number of aryl methyl sites for hydroxylation is 1. The molecule has 2 N–H and O–H groups in total. The summed E-state index contributed by atoms with van der Waals surface area (Å²) >= 11 is 12.2. The summed E-state index contributed by atoms with van der Waals surface area (Å²) in [5.74, 6) is 0.657. The number of hydrogen-bond donors (Lipinski definition) is 2. The SMILES string of the molecule is Cc1nc(Nc2cc(Cl)ccc2Cl)cc(C(=O)NCc2ccccc2)n1. The van der Waals surface area contributed by atoms with Gasteiger partial charge >= 0.3 is 0 Å². The van der Waals surface area contributed by atoms with Crippen LogP contribution in [0.3, 0.4) is 0 Å². The predicted molar refractivity (Wildman–Crippen MR) is 104 cm³/mol. The first-order valence-corrected chi connectivity index (χ1v) is 8.67. The number of anilines is 2. The summed E-state index contributed by atoms with van der Waals surface area (Å²) in [4.78, 5) is 20.9. The van der Waals surface area contributed by atoms with E-state index in [2.05, 4.69) is 20.6 Å². The molecule has 5 nitrogen and oxygen atoms in total. The van der Waals surface area contributed by atoms with Crippen molar-refractivity contribution in [3.8, 4) is 0 Å². The molecule has 26 heavy (non-hydrogen) atoms. The van der Waals surface area contributed by atoms with Gasteiger partial charge in [-0.1, -0.05) is 53.5 Å². The Labute approximate surface area is 161 Å². The summed E-state index contributed by atoms with van der Waals surface area (Å²) in [7, 11) is 0. The van der Waals surface area contributed by atoms with Crippen molar-refractivity contribution >= 4 is 40.6 Å². The first kappa shape index (κ1) is 18.2. The Morgan fingerprint density at radius 2 is 1.81 bits per heavy atom. The molecule has 7 heteroatoms. The highest BCUT2D eigenvalue weighted by Crippen LogP contribution is 2.28. The molecule has 1 aromatic heterocycles. The lowest BCUT2D eigenvalue weighted by molar-refractivity contribution is 0.0945. The predicted octanol–water partition coefficient (Wildman–Crippen LogP) is 4.77. The van der Waals surface area contributed by atoms with Gasteiger partial charge in [0, 0.05) is 17.6 Å². The van der Waals surface area contributed by atoms with Crippen LogP contribution in [-0.2, 0) is 6.54 Å². The average Bonchev–Trinajstić information content (AvgIpc) is 2.63. The first-order valence-electron chi connectivity index (χ1n) is 7.91. The van der Waals surface area contributed by atoms with E-state index in [1.165, 1.54) is 0 Å². The van der Waals surface area contributed by atoms with E-state index in [0.717, 1.165) is 5.56 Å². The fourth-order valence-electron chi connectivity index (χ4n) is 2.35. The highest BCUT2D eigenvalue weighted by molar-refractivity contribution is 6.35. The maximum absolute atomic E-state index is 12.4. The van der Waals surface area contributed by atoms with Crippen LogP contribution in [0.1, 0.15) is 21.9 Å². The monoisotopic (exact) mass is 386 g/mol. The number of carbonyl (C=O) groups is 1. The zero-order valence-corrected chi connectivity index (χ0v) is 15.5. The minimum Gasteiger partial charge on any atom is -0.347 e. The van der Waals surface area contributed by atoms with Gasteiger partial charge in [0.1, 0.15) is 17.3 Å². The summed E-state index contributed by atoms with van der Waals surface area (Å²) in [6.07, 6.45) is 0. The van der Waals surface area contributed by atoms with Gasteiger partial charge in [0.15, 0.2) is 0 Å². The summed E-state index contributed by atoms with van der Waals surface area (Å²) in [5.41, 5.74) is 1.89. The van der Waals surface area contributed by atoms with E-state index in [9.17, 15) is 4.79 Å². The number of aromatic nitrogens is 2. The van der Waals surface area contributed by atoms with E-state index in [1.54, 1.807) is 31.2 Å². The number of amides is 1. The highest BCUT2D eigenvalue weighted by Gasteiger charge is 2.11. The van der Waals surface area contributed by atoms with E-state index in [-0.39, 0.29) is 11.6 Å².